The minimum absolute atomic E-state index is 0.00410. The SMILES string of the molecule is CCc1ccc(OCC(=O)N2CCC[C@H]2c2ccc(OC)cc2OC)cc1. The number of ether oxygens (including phenoxy) is 3. The molecule has 0 saturated carbocycles. The Morgan fingerprint density at radius 1 is 1.07 bits per heavy atom. The number of carbonyl (C=O) groups is 1. The van der Waals surface area contributed by atoms with Crippen LogP contribution in [-0.2, 0) is 11.2 Å². The summed E-state index contributed by atoms with van der Waals surface area (Å²) in [5, 5.41) is 0. The largest absolute Gasteiger partial charge is 0.497 e. The first kappa shape index (κ1) is 19.1. The van der Waals surface area contributed by atoms with Crippen molar-refractivity contribution in [3.05, 3.63) is 53.6 Å². The molecule has 0 unspecified atom stereocenters. The summed E-state index contributed by atoms with van der Waals surface area (Å²) in [6, 6.07) is 13.6. The third-order valence-electron chi connectivity index (χ3n) is 5.07. The zero-order chi connectivity index (χ0) is 19.2. The highest BCUT2D eigenvalue weighted by Gasteiger charge is 2.32. The highest BCUT2D eigenvalue weighted by atomic mass is 16.5. The van der Waals surface area contributed by atoms with Crippen molar-refractivity contribution >= 4 is 5.91 Å². The van der Waals surface area contributed by atoms with Gasteiger partial charge < -0.3 is 19.1 Å². The van der Waals surface area contributed by atoms with E-state index < -0.39 is 0 Å². The molecule has 0 aromatic heterocycles. The van der Waals surface area contributed by atoms with Gasteiger partial charge in [0.15, 0.2) is 6.61 Å². The molecule has 1 saturated heterocycles. The average Bonchev–Trinajstić information content (AvgIpc) is 3.21. The fourth-order valence-electron chi connectivity index (χ4n) is 3.53. The third kappa shape index (κ3) is 4.35. The van der Waals surface area contributed by atoms with Crippen molar-refractivity contribution in [1.29, 1.82) is 0 Å². The van der Waals surface area contributed by atoms with Crippen LogP contribution in [0.2, 0.25) is 0 Å². The number of nitrogens with zero attached hydrogens (tertiary/aromatic N) is 1. The molecule has 1 heterocycles. The van der Waals surface area contributed by atoms with Crippen LogP contribution in [0.1, 0.15) is 36.9 Å². The molecule has 0 N–H and O–H groups in total. The molecule has 27 heavy (non-hydrogen) atoms. The molecular formula is C22H27NO4. The van der Waals surface area contributed by atoms with Crippen LogP contribution in [0, 0.1) is 0 Å². The van der Waals surface area contributed by atoms with Crippen molar-refractivity contribution in [2.75, 3.05) is 27.4 Å². The van der Waals surface area contributed by atoms with Gasteiger partial charge in [-0.1, -0.05) is 19.1 Å². The number of methoxy groups -OCH3 is 2. The first-order chi connectivity index (χ1) is 13.2. The van der Waals surface area contributed by atoms with E-state index in [1.165, 1.54) is 5.56 Å². The second-order valence-corrected chi connectivity index (χ2v) is 6.64. The molecule has 1 aliphatic rings. The van der Waals surface area contributed by atoms with E-state index in [0.717, 1.165) is 48.6 Å². The summed E-state index contributed by atoms with van der Waals surface area (Å²) in [5.41, 5.74) is 2.26. The fourth-order valence-corrected chi connectivity index (χ4v) is 3.53. The van der Waals surface area contributed by atoms with Crippen LogP contribution in [0.3, 0.4) is 0 Å². The summed E-state index contributed by atoms with van der Waals surface area (Å²) in [5.74, 6) is 2.20. The maximum Gasteiger partial charge on any atom is 0.261 e. The van der Waals surface area contributed by atoms with Crippen molar-refractivity contribution in [1.82, 2.24) is 4.90 Å². The molecule has 1 atom stereocenters. The molecule has 0 bridgehead atoms. The summed E-state index contributed by atoms with van der Waals surface area (Å²) < 4.78 is 16.5. The third-order valence-corrected chi connectivity index (χ3v) is 5.07. The molecule has 5 nitrogen and oxygen atoms in total. The van der Waals surface area contributed by atoms with Gasteiger partial charge in [-0.25, -0.2) is 0 Å². The quantitative estimate of drug-likeness (QED) is 0.740. The van der Waals surface area contributed by atoms with Crippen LogP contribution >= 0.6 is 0 Å². The summed E-state index contributed by atoms with van der Waals surface area (Å²) in [6.45, 7) is 2.89. The lowest BCUT2D eigenvalue weighted by atomic mass is 10.0. The lowest BCUT2D eigenvalue weighted by Gasteiger charge is -2.26. The van der Waals surface area contributed by atoms with E-state index >= 15 is 0 Å². The van der Waals surface area contributed by atoms with Crippen LogP contribution in [0.5, 0.6) is 17.2 Å². The average molecular weight is 369 g/mol. The summed E-state index contributed by atoms with van der Waals surface area (Å²) >= 11 is 0. The fraction of sp³-hybridized carbons (Fsp3) is 0.409. The first-order valence-electron chi connectivity index (χ1n) is 9.39. The molecular weight excluding hydrogens is 342 g/mol. The molecule has 2 aromatic rings. The van der Waals surface area contributed by atoms with Gasteiger partial charge in [0.2, 0.25) is 0 Å². The van der Waals surface area contributed by atoms with Crippen molar-refractivity contribution in [2.24, 2.45) is 0 Å². The van der Waals surface area contributed by atoms with E-state index in [4.69, 9.17) is 14.2 Å². The van der Waals surface area contributed by atoms with Crippen LogP contribution in [0.15, 0.2) is 42.5 Å². The van der Waals surface area contributed by atoms with Gasteiger partial charge >= 0.3 is 0 Å². The van der Waals surface area contributed by atoms with Gasteiger partial charge in [0.1, 0.15) is 17.2 Å². The number of rotatable bonds is 7. The van der Waals surface area contributed by atoms with Crippen LogP contribution in [0.4, 0.5) is 0 Å². The van der Waals surface area contributed by atoms with Crippen LogP contribution in [-0.4, -0.2) is 38.2 Å². The van der Waals surface area contributed by atoms with Gasteiger partial charge in [-0.15, -0.1) is 0 Å². The van der Waals surface area contributed by atoms with Crippen molar-refractivity contribution in [3.63, 3.8) is 0 Å². The van der Waals surface area contributed by atoms with Gasteiger partial charge in [-0.05, 0) is 49.1 Å². The standard InChI is InChI=1S/C22H27NO4/c1-4-16-7-9-17(10-8-16)27-15-22(24)23-13-5-6-20(23)19-12-11-18(25-2)14-21(19)26-3/h7-12,14,20H,4-6,13,15H2,1-3H3/t20-/m0/s1. The Labute approximate surface area is 160 Å². The Hall–Kier alpha value is -2.69. The summed E-state index contributed by atoms with van der Waals surface area (Å²) in [7, 11) is 3.27. The van der Waals surface area contributed by atoms with Gasteiger partial charge in [0.05, 0.1) is 20.3 Å². The maximum atomic E-state index is 12.8. The second-order valence-electron chi connectivity index (χ2n) is 6.64. The smallest absolute Gasteiger partial charge is 0.261 e. The Bertz CT molecular complexity index is 772. The molecule has 144 valence electrons. The van der Waals surface area contributed by atoms with E-state index in [0.29, 0.717) is 0 Å². The van der Waals surface area contributed by atoms with Crippen molar-refractivity contribution in [3.8, 4) is 17.2 Å². The lowest BCUT2D eigenvalue weighted by molar-refractivity contribution is -0.134. The monoisotopic (exact) mass is 369 g/mol. The number of benzene rings is 2. The van der Waals surface area contributed by atoms with E-state index in [9.17, 15) is 4.79 Å². The minimum atomic E-state index is -0.00469. The number of hydrogen-bond acceptors (Lipinski definition) is 4. The van der Waals surface area contributed by atoms with E-state index in [2.05, 4.69) is 6.92 Å². The zero-order valence-corrected chi connectivity index (χ0v) is 16.2. The predicted molar refractivity (Wildman–Crippen MR) is 105 cm³/mol. The number of carbonyl (C=O) groups excluding carboxylic acids is 1. The van der Waals surface area contributed by atoms with Crippen LogP contribution in [0.25, 0.3) is 0 Å². The maximum absolute atomic E-state index is 12.8. The summed E-state index contributed by atoms with van der Waals surface area (Å²) in [4.78, 5) is 14.7. The normalized spacial score (nSPS) is 16.3. The molecule has 0 aliphatic carbocycles. The topological polar surface area (TPSA) is 48.0 Å². The Morgan fingerprint density at radius 3 is 2.48 bits per heavy atom. The number of likely N-dealkylation sites (tertiary alicyclic amines) is 1. The Balaban J connectivity index is 1.69. The Kier molecular flexibility index (Phi) is 6.22. The Morgan fingerprint density at radius 2 is 1.81 bits per heavy atom. The molecule has 0 spiro atoms. The number of amides is 1. The number of aryl methyl sites for hydroxylation is 1. The van der Waals surface area contributed by atoms with Crippen molar-refractivity contribution < 1.29 is 19.0 Å². The first-order valence-corrected chi connectivity index (χ1v) is 9.39. The molecule has 1 aliphatic heterocycles. The lowest BCUT2D eigenvalue weighted by Crippen LogP contribution is -2.34. The highest BCUT2D eigenvalue weighted by molar-refractivity contribution is 5.78. The minimum Gasteiger partial charge on any atom is -0.497 e. The van der Waals surface area contributed by atoms with Crippen LogP contribution < -0.4 is 14.2 Å². The molecule has 3 rings (SSSR count). The van der Waals surface area contributed by atoms with E-state index in [1.807, 2.05) is 47.4 Å². The molecule has 2 aromatic carbocycles. The highest BCUT2D eigenvalue weighted by Crippen LogP contribution is 2.38. The second kappa shape index (κ2) is 8.80. The van der Waals surface area contributed by atoms with Gasteiger partial charge in [-0.3, -0.25) is 4.79 Å². The molecule has 1 amide bonds. The van der Waals surface area contributed by atoms with E-state index in [1.54, 1.807) is 14.2 Å². The summed E-state index contributed by atoms with van der Waals surface area (Å²) in [6.07, 6.45) is 2.87. The molecule has 0 radical (unpaired) electrons. The molecule has 5 heteroatoms. The zero-order valence-electron chi connectivity index (χ0n) is 16.2. The van der Waals surface area contributed by atoms with E-state index in [-0.39, 0.29) is 18.6 Å². The van der Waals surface area contributed by atoms with Gasteiger partial charge in [0, 0.05) is 18.2 Å². The predicted octanol–water partition coefficient (Wildman–Crippen LogP) is 4.01. The molecule has 1 fully saturated rings. The number of hydrogen-bond donors (Lipinski definition) is 0. The van der Waals surface area contributed by atoms with Gasteiger partial charge in [0.25, 0.3) is 5.91 Å². The van der Waals surface area contributed by atoms with Crippen molar-refractivity contribution in [2.45, 2.75) is 32.2 Å². The van der Waals surface area contributed by atoms with Gasteiger partial charge in [-0.2, -0.15) is 0 Å².